The number of hydrogen-bond donors (Lipinski definition) is 3. The predicted octanol–water partition coefficient (Wildman–Crippen LogP) is -0.922. The monoisotopic (exact) mass is 160 g/mol. The van der Waals surface area contributed by atoms with Gasteiger partial charge in [-0.3, -0.25) is 4.79 Å². The van der Waals surface area contributed by atoms with Gasteiger partial charge in [-0.1, -0.05) is 13.8 Å². The number of carbonyl (C=O) groups excluding carboxylic acids is 1. The third kappa shape index (κ3) is 4.75. The molecule has 0 heterocycles. The van der Waals surface area contributed by atoms with Gasteiger partial charge in [-0.05, 0) is 5.92 Å². The summed E-state index contributed by atoms with van der Waals surface area (Å²) in [6.07, 6.45) is 0. The summed E-state index contributed by atoms with van der Waals surface area (Å²) in [7, 11) is 0. The van der Waals surface area contributed by atoms with Gasteiger partial charge in [-0.25, -0.2) is 0 Å². The number of primary amides is 1. The predicted molar refractivity (Wildman–Crippen MR) is 42.9 cm³/mol. The van der Waals surface area contributed by atoms with Crippen LogP contribution in [0.5, 0.6) is 0 Å². The van der Waals surface area contributed by atoms with Crippen molar-refractivity contribution in [2.24, 2.45) is 11.7 Å². The Morgan fingerprint density at radius 3 is 2.45 bits per heavy atom. The number of hydrogen-bond acceptors (Lipinski definition) is 3. The molecule has 0 aromatic rings. The van der Waals surface area contributed by atoms with E-state index >= 15 is 0 Å². The summed E-state index contributed by atoms with van der Waals surface area (Å²) >= 11 is 0. The van der Waals surface area contributed by atoms with E-state index in [0.29, 0.717) is 5.92 Å². The Kier molecular flexibility index (Phi) is 4.81. The normalized spacial score (nSPS) is 13.5. The van der Waals surface area contributed by atoms with Crippen molar-refractivity contribution >= 4 is 5.91 Å². The van der Waals surface area contributed by atoms with Crippen molar-refractivity contribution in [2.75, 3.05) is 13.2 Å². The summed E-state index contributed by atoms with van der Waals surface area (Å²) in [5, 5.41) is 11.6. The topological polar surface area (TPSA) is 75.3 Å². The number of amides is 1. The summed E-state index contributed by atoms with van der Waals surface area (Å²) in [6.45, 7) is 4.10. The number of nitrogens with two attached hydrogens (primary N) is 1. The molecular weight excluding hydrogens is 144 g/mol. The molecule has 0 saturated carbocycles. The maximum Gasteiger partial charge on any atom is 0.231 e. The second-order valence-corrected chi connectivity index (χ2v) is 2.88. The zero-order valence-corrected chi connectivity index (χ0v) is 7.00. The highest BCUT2D eigenvalue weighted by atomic mass is 16.3. The van der Waals surface area contributed by atoms with Crippen LogP contribution in [0.15, 0.2) is 0 Å². The van der Waals surface area contributed by atoms with Gasteiger partial charge in [0.2, 0.25) is 5.91 Å². The van der Waals surface area contributed by atoms with Gasteiger partial charge >= 0.3 is 0 Å². The van der Waals surface area contributed by atoms with Gasteiger partial charge in [0.05, 0.1) is 13.2 Å². The van der Waals surface area contributed by atoms with Crippen molar-refractivity contribution in [1.29, 1.82) is 0 Å². The number of aliphatic hydroxyl groups is 1. The van der Waals surface area contributed by atoms with Crippen molar-refractivity contribution < 1.29 is 9.90 Å². The molecule has 0 aliphatic carbocycles. The average molecular weight is 160 g/mol. The summed E-state index contributed by atoms with van der Waals surface area (Å²) in [5.74, 6) is -0.0940. The molecule has 0 aromatic heterocycles. The molecule has 0 bridgehead atoms. The van der Waals surface area contributed by atoms with Crippen molar-refractivity contribution in [2.45, 2.75) is 19.9 Å². The van der Waals surface area contributed by atoms with Crippen LogP contribution in [0.2, 0.25) is 0 Å². The molecule has 66 valence electrons. The molecule has 0 fully saturated rings. The van der Waals surface area contributed by atoms with Crippen LogP contribution in [0, 0.1) is 5.92 Å². The van der Waals surface area contributed by atoms with Gasteiger partial charge in [0.15, 0.2) is 0 Å². The Morgan fingerprint density at radius 2 is 2.18 bits per heavy atom. The van der Waals surface area contributed by atoms with Gasteiger partial charge in [0, 0.05) is 6.04 Å². The fourth-order valence-corrected chi connectivity index (χ4v) is 0.743. The lowest BCUT2D eigenvalue weighted by Crippen LogP contribution is -2.41. The first kappa shape index (κ1) is 10.4. The van der Waals surface area contributed by atoms with Crippen LogP contribution in [0.4, 0.5) is 0 Å². The van der Waals surface area contributed by atoms with Gasteiger partial charge in [-0.15, -0.1) is 0 Å². The van der Waals surface area contributed by atoms with Gasteiger partial charge in [-0.2, -0.15) is 0 Å². The molecule has 0 spiro atoms. The van der Waals surface area contributed by atoms with E-state index in [1.54, 1.807) is 0 Å². The molecule has 0 saturated heterocycles. The minimum atomic E-state index is -0.399. The molecule has 4 nitrogen and oxygen atoms in total. The lowest BCUT2D eigenvalue weighted by atomic mass is 10.1. The van der Waals surface area contributed by atoms with Crippen LogP contribution in [-0.2, 0) is 4.79 Å². The molecule has 0 rings (SSSR count). The van der Waals surface area contributed by atoms with Crippen molar-refractivity contribution in [3.63, 3.8) is 0 Å². The molecule has 4 N–H and O–H groups in total. The first-order chi connectivity index (χ1) is 5.07. The van der Waals surface area contributed by atoms with E-state index in [-0.39, 0.29) is 19.2 Å². The summed E-state index contributed by atoms with van der Waals surface area (Å²) in [4.78, 5) is 10.3. The molecule has 1 atom stereocenters. The van der Waals surface area contributed by atoms with Crippen LogP contribution >= 0.6 is 0 Å². The number of rotatable bonds is 5. The number of nitrogens with one attached hydrogen (secondary N) is 1. The van der Waals surface area contributed by atoms with Crippen LogP contribution in [0.3, 0.4) is 0 Å². The maximum absolute atomic E-state index is 10.3. The minimum absolute atomic E-state index is 0.0327. The average Bonchev–Trinajstić information content (AvgIpc) is 1.87. The Balaban J connectivity index is 3.61. The quantitative estimate of drug-likeness (QED) is 0.487. The van der Waals surface area contributed by atoms with E-state index in [4.69, 9.17) is 10.8 Å². The Hall–Kier alpha value is -0.610. The van der Waals surface area contributed by atoms with Crippen LogP contribution < -0.4 is 11.1 Å². The molecule has 1 unspecified atom stereocenters. The third-order valence-corrected chi connectivity index (χ3v) is 1.54. The molecule has 1 amide bonds. The summed E-state index contributed by atoms with van der Waals surface area (Å²) in [6, 6.07) is -0.0394. The maximum atomic E-state index is 10.3. The van der Waals surface area contributed by atoms with Crippen molar-refractivity contribution in [1.82, 2.24) is 5.32 Å². The second kappa shape index (κ2) is 5.09. The lowest BCUT2D eigenvalue weighted by molar-refractivity contribution is -0.117. The first-order valence-electron chi connectivity index (χ1n) is 3.70. The number of aliphatic hydroxyl groups excluding tert-OH is 1. The van der Waals surface area contributed by atoms with E-state index in [0.717, 1.165) is 0 Å². The zero-order chi connectivity index (χ0) is 8.85. The molecular formula is C7H16N2O2. The molecule has 11 heavy (non-hydrogen) atoms. The smallest absolute Gasteiger partial charge is 0.231 e. The molecule has 0 radical (unpaired) electrons. The fraction of sp³-hybridized carbons (Fsp3) is 0.857. The number of carbonyl (C=O) groups is 1. The molecule has 0 aliphatic rings. The fourth-order valence-electron chi connectivity index (χ4n) is 0.743. The van der Waals surface area contributed by atoms with Crippen LogP contribution in [0.1, 0.15) is 13.8 Å². The molecule has 4 heteroatoms. The summed E-state index contributed by atoms with van der Waals surface area (Å²) in [5.41, 5.74) is 4.91. The standard InChI is InChI=1S/C7H16N2O2/c1-5(2)6(4-10)9-3-7(8)11/h5-6,9-10H,3-4H2,1-2H3,(H2,8,11). The second-order valence-electron chi connectivity index (χ2n) is 2.88. The lowest BCUT2D eigenvalue weighted by Gasteiger charge is -2.18. The highest BCUT2D eigenvalue weighted by molar-refractivity contribution is 5.75. The summed E-state index contributed by atoms with van der Waals surface area (Å²) < 4.78 is 0. The zero-order valence-electron chi connectivity index (χ0n) is 7.00. The SMILES string of the molecule is CC(C)C(CO)NCC(N)=O. The van der Waals surface area contributed by atoms with E-state index < -0.39 is 5.91 Å². The Morgan fingerprint density at radius 1 is 1.64 bits per heavy atom. The van der Waals surface area contributed by atoms with E-state index in [1.165, 1.54) is 0 Å². The minimum Gasteiger partial charge on any atom is -0.395 e. The Labute approximate surface area is 66.8 Å². The van der Waals surface area contributed by atoms with E-state index in [2.05, 4.69) is 5.32 Å². The first-order valence-corrected chi connectivity index (χ1v) is 3.70. The van der Waals surface area contributed by atoms with Gasteiger partial charge in [0.25, 0.3) is 0 Å². The van der Waals surface area contributed by atoms with Gasteiger partial charge in [0.1, 0.15) is 0 Å². The van der Waals surface area contributed by atoms with Crippen LogP contribution in [-0.4, -0.2) is 30.2 Å². The van der Waals surface area contributed by atoms with E-state index in [9.17, 15) is 4.79 Å². The molecule has 0 aromatic carbocycles. The van der Waals surface area contributed by atoms with Crippen molar-refractivity contribution in [3.8, 4) is 0 Å². The van der Waals surface area contributed by atoms with Crippen molar-refractivity contribution in [3.05, 3.63) is 0 Å². The third-order valence-electron chi connectivity index (χ3n) is 1.54. The Bertz CT molecular complexity index is 126. The highest BCUT2D eigenvalue weighted by Gasteiger charge is 2.11. The largest absolute Gasteiger partial charge is 0.395 e. The van der Waals surface area contributed by atoms with E-state index in [1.807, 2.05) is 13.8 Å². The van der Waals surface area contributed by atoms with Gasteiger partial charge < -0.3 is 16.2 Å². The van der Waals surface area contributed by atoms with Crippen LogP contribution in [0.25, 0.3) is 0 Å². The highest BCUT2D eigenvalue weighted by Crippen LogP contribution is 1.98. The molecule has 0 aliphatic heterocycles.